The molecule has 0 unspecified atom stereocenters. The summed E-state index contributed by atoms with van der Waals surface area (Å²) in [5.74, 6) is -0.694. The lowest BCUT2D eigenvalue weighted by molar-refractivity contribution is -0.142. The second-order valence-electron chi connectivity index (χ2n) is 9.44. The SMILES string of the molecule is CC[C@H](Nc1cc(C)c(-c2sc(C(=O)N[C@H]3CC[C@H]3O)nc2C(=O)N2CCC[C@@H]2C)cn1)C(F)(F)F. The number of thiazole rings is 1. The number of amides is 2. The Kier molecular flexibility index (Phi) is 7.56. The first-order chi connectivity index (χ1) is 17.0. The van der Waals surface area contributed by atoms with Crippen LogP contribution in [0.4, 0.5) is 19.0 Å². The van der Waals surface area contributed by atoms with Crippen LogP contribution in [0.15, 0.2) is 12.3 Å². The molecule has 0 aromatic carbocycles. The van der Waals surface area contributed by atoms with E-state index in [0.717, 1.165) is 24.2 Å². The van der Waals surface area contributed by atoms with Gasteiger partial charge in [-0.1, -0.05) is 6.92 Å². The molecule has 2 aliphatic rings. The van der Waals surface area contributed by atoms with Crippen LogP contribution in [0, 0.1) is 6.92 Å². The van der Waals surface area contributed by atoms with E-state index in [0.29, 0.717) is 35.4 Å². The van der Waals surface area contributed by atoms with Crippen LogP contribution in [0.2, 0.25) is 0 Å². The molecule has 1 aliphatic heterocycles. The summed E-state index contributed by atoms with van der Waals surface area (Å²) in [5, 5.41) is 15.1. The van der Waals surface area contributed by atoms with Gasteiger partial charge in [0.15, 0.2) is 5.01 Å². The van der Waals surface area contributed by atoms with E-state index in [9.17, 15) is 27.9 Å². The Labute approximate surface area is 211 Å². The van der Waals surface area contributed by atoms with Crippen molar-refractivity contribution in [1.82, 2.24) is 20.2 Å². The van der Waals surface area contributed by atoms with Crippen LogP contribution < -0.4 is 10.6 Å². The van der Waals surface area contributed by atoms with Crippen LogP contribution >= 0.6 is 11.3 Å². The van der Waals surface area contributed by atoms with Crippen molar-refractivity contribution in [3.8, 4) is 10.4 Å². The second kappa shape index (κ2) is 10.3. The van der Waals surface area contributed by atoms with Crippen molar-refractivity contribution in [3.63, 3.8) is 0 Å². The van der Waals surface area contributed by atoms with E-state index >= 15 is 0 Å². The molecule has 1 saturated heterocycles. The molecule has 3 heterocycles. The van der Waals surface area contributed by atoms with E-state index in [1.807, 2.05) is 6.92 Å². The Morgan fingerprint density at radius 3 is 2.58 bits per heavy atom. The fourth-order valence-corrected chi connectivity index (χ4v) is 5.50. The number of aromatic nitrogens is 2. The summed E-state index contributed by atoms with van der Waals surface area (Å²) in [5.41, 5.74) is 1.24. The molecule has 0 bridgehead atoms. The van der Waals surface area contributed by atoms with Crippen molar-refractivity contribution in [3.05, 3.63) is 28.5 Å². The number of carbonyl (C=O) groups excluding carboxylic acids is 2. The molecule has 2 aromatic rings. The van der Waals surface area contributed by atoms with Crippen molar-refractivity contribution < 1.29 is 27.9 Å². The Bertz CT molecular complexity index is 1140. The highest BCUT2D eigenvalue weighted by Crippen LogP contribution is 2.36. The number of anilines is 1. The van der Waals surface area contributed by atoms with Gasteiger partial charge in [0, 0.05) is 24.3 Å². The standard InChI is InChI=1S/C24H30F3N5O3S/c1-4-17(24(25,26)27)30-18-10-12(2)14(11-28-18)20-19(23(35)32-9-5-6-13(32)3)31-22(36-20)21(34)29-15-7-8-16(15)33/h10-11,13,15-17,33H,4-9H2,1-3H3,(H,28,30)(H,29,34)/t13-,15-,16+,17-/m0/s1. The number of aryl methyl sites for hydroxylation is 1. The maximum absolute atomic E-state index is 13.4. The highest BCUT2D eigenvalue weighted by Gasteiger charge is 2.39. The number of hydrogen-bond donors (Lipinski definition) is 3. The largest absolute Gasteiger partial charge is 0.408 e. The smallest absolute Gasteiger partial charge is 0.391 e. The second-order valence-corrected chi connectivity index (χ2v) is 10.4. The summed E-state index contributed by atoms with van der Waals surface area (Å²) in [4.78, 5) is 37.0. The number of hydrogen-bond acceptors (Lipinski definition) is 7. The molecule has 0 radical (unpaired) electrons. The summed E-state index contributed by atoms with van der Waals surface area (Å²) in [6.07, 6.45) is -0.732. The molecule has 12 heteroatoms. The number of likely N-dealkylation sites (tertiary alicyclic amines) is 1. The van der Waals surface area contributed by atoms with Crippen LogP contribution in [0.25, 0.3) is 10.4 Å². The summed E-state index contributed by atoms with van der Waals surface area (Å²) in [6.45, 7) is 5.70. The molecular weight excluding hydrogens is 495 g/mol. The zero-order chi connectivity index (χ0) is 26.2. The highest BCUT2D eigenvalue weighted by atomic mass is 32.1. The molecule has 0 spiro atoms. The highest BCUT2D eigenvalue weighted by molar-refractivity contribution is 7.17. The number of aliphatic hydroxyl groups is 1. The van der Waals surface area contributed by atoms with E-state index < -0.39 is 24.2 Å². The first-order valence-electron chi connectivity index (χ1n) is 12.1. The molecule has 1 saturated carbocycles. The Balaban J connectivity index is 1.67. The number of nitrogens with zero attached hydrogens (tertiary/aromatic N) is 3. The predicted octanol–water partition coefficient (Wildman–Crippen LogP) is 4.14. The molecular formula is C24H30F3N5O3S. The van der Waals surface area contributed by atoms with Crippen LogP contribution in [-0.4, -0.2) is 68.7 Å². The summed E-state index contributed by atoms with van der Waals surface area (Å²) in [7, 11) is 0. The normalized spacial score (nSPS) is 22.8. The van der Waals surface area contributed by atoms with E-state index in [1.54, 1.807) is 11.8 Å². The molecule has 4 rings (SSSR count). The number of halogens is 3. The van der Waals surface area contributed by atoms with Crippen molar-refractivity contribution in [1.29, 1.82) is 0 Å². The van der Waals surface area contributed by atoms with Gasteiger partial charge in [0.1, 0.15) is 17.6 Å². The lowest BCUT2D eigenvalue weighted by Gasteiger charge is -2.32. The number of carbonyl (C=O) groups is 2. The van der Waals surface area contributed by atoms with Crippen molar-refractivity contribution in [2.45, 2.75) is 83.3 Å². The average molecular weight is 526 g/mol. The molecule has 3 N–H and O–H groups in total. The van der Waals surface area contributed by atoms with Crippen molar-refractivity contribution in [2.75, 3.05) is 11.9 Å². The van der Waals surface area contributed by atoms with Gasteiger partial charge < -0.3 is 20.6 Å². The molecule has 8 nitrogen and oxygen atoms in total. The maximum atomic E-state index is 13.4. The average Bonchev–Trinajstić information content (AvgIpc) is 3.45. The van der Waals surface area contributed by atoms with Gasteiger partial charge in [-0.05, 0) is 57.6 Å². The lowest BCUT2D eigenvalue weighted by atomic mass is 9.89. The van der Waals surface area contributed by atoms with Crippen LogP contribution in [0.3, 0.4) is 0 Å². The third-order valence-electron chi connectivity index (χ3n) is 6.87. The number of pyridine rings is 1. The molecule has 2 aromatic heterocycles. The third kappa shape index (κ3) is 5.34. The first kappa shape index (κ1) is 26.3. The van der Waals surface area contributed by atoms with Gasteiger partial charge in [-0.15, -0.1) is 11.3 Å². The summed E-state index contributed by atoms with van der Waals surface area (Å²) >= 11 is 1.04. The third-order valence-corrected chi connectivity index (χ3v) is 7.96. The van der Waals surface area contributed by atoms with Gasteiger partial charge in [-0.25, -0.2) is 9.97 Å². The molecule has 2 amide bonds. The van der Waals surface area contributed by atoms with Crippen LogP contribution in [0.1, 0.15) is 71.8 Å². The van der Waals surface area contributed by atoms with E-state index in [-0.39, 0.29) is 40.9 Å². The molecule has 36 heavy (non-hydrogen) atoms. The molecule has 2 fully saturated rings. The van der Waals surface area contributed by atoms with Crippen molar-refractivity contribution in [2.24, 2.45) is 0 Å². The number of nitrogens with one attached hydrogen (secondary N) is 2. The van der Waals surface area contributed by atoms with E-state index in [2.05, 4.69) is 20.6 Å². The number of rotatable bonds is 7. The topological polar surface area (TPSA) is 107 Å². The number of alkyl halides is 3. The van der Waals surface area contributed by atoms with E-state index in [4.69, 9.17) is 0 Å². The zero-order valence-corrected chi connectivity index (χ0v) is 21.2. The van der Waals surface area contributed by atoms with Gasteiger partial charge in [0.05, 0.1) is 17.0 Å². The maximum Gasteiger partial charge on any atom is 0.408 e. The zero-order valence-electron chi connectivity index (χ0n) is 20.4. The fourth-order valence-electron chi connectivity index (χ4n) is 4.46. The predicted molar refractivity (Wildman–Crippen MR) is 130 cm³/mol. The summed E-state index contributed by atoms with van der Waals surface area (Å²) < 4.78 is 39.6. The van der Waals surface area contributed by atoms with Crippen LogP contribution in [-0.2, 0) is 0 Å². The minimum Gasteiger partial charge on any atom is -0.391 e. The Hall–Kier alpha value is -2.73. The Morgan fingerprint density at radius 2 is 2.06 bits per heavy atom. The quantitative estimate of drug-likeness (QED) is 0.502. The van der Waals surface area contributed by atoms with Gasteiger partial charge >= 0.3 is 6.18 Å². The minimum atomic E-state index is -4.41. The van der Waals surface area contributed by atoms with Gasteiger partial charge in [-0.3, -0.25) is 9.59 Å². The molecule has 196 valence electrons. The first-order valence-corrected chi connectivity index (χ1v) is 12.9. The lowest BCUT2D eigenvalue weighted by Crippen LogP contribution is -2.50. The molecule has 4 atom stereocenters. The Morgan fingerprint density at radius 1 is 1.31 bits per heavy atom. The van der Waals surface area contributed by atoms with Crippen LogP contribution in [0.5, 0.6) is 0 Å². The monoisotopic (exact) mass is 525 g/mol. The van der Waals surface area contributed by atoms with Gasteiger partial charge in [0.2, 0.25) is 0 Å². The molecule has 1 aliphatic carbocycles. The van der Waals surface area contributed by atoms with Crippen molar-refractivity contribution >= 4 is 29.0 Å². The van der Waals surface area contributed by atoms with Gasteiger partial charge in [-0.2, -0.15) is 13.2 Å². The minimum absolute atomic E-state index is 0.0357. The number of aliphatic hydroxyl groups excluding tert-OH is 1. The van der Waals surface area contributed by atoms with Gasteiger partial charge in [0.25, 0.3) is 11.8 Å². The van der Waals surface area contributed by atoms with E-state index in [1.165, 1.54) is 19.2 Å². The fraction of sp³-hybridized carbons (Fsp3) is 0.583. The summed E-state index contributed by atoms with van der Waals surface area (Å²) in [6, 6.07) is -0.546.